The molecule has 0 aromatic heterocycles. The molecule has 4 heteroatoms. The van der Waals surface area contributed by atoms with Gasteiger partial charge in [-0.15, -0.1) is 0 Å². The van der Waals surface area contributed by atoms with Crippen molar-refractivity contribution in [1.29, 1.82) is 0 Å². The Morgan fingerprint density at radius 1 is 1.26 bits per heavy atom. The van der Waals surface area contributed by atoms with E-state index in [1.807, 2.05) is 56.3 Å². The minimum Gasteiger partial charge on any atom is -0.487 e. The summed E-state index contributed by atoms with van der Waals surface area (Å²) in [7, 11) is 0. The molecule has 1 unspecified atom stereocenters. The summed E-state index contributed by atoms with van der Waals surface area (Å²) in [6, 6.07) is 13.7. The van der Waals surface area contributed by atoms with Gasteiger partial charge in [0.05, 0.1) is 12.2 Å². The minimum absolute atomic E-state index is 0.0292. The second kappa shape index (κ2) is 6.32. The Labute approximate surface area is 137 Å². The molecule has 1 aliphatic heterocycles. The number of rotatable bonds is 2. The number of carbonyl (C=O) groups is 1. The Morgan fingerprint density at radius 2 is 2.00 bits per heavy atom. The van der Waals surface area contributed by atoms with Crippen molar-refractivity contribution in [2.24, 2.45) is 0 Å². The van der Waals surface area contributed by atoms with Crippen LogP contribution in [0.3, 0.4) is 0 Å². The van der Waals surface area contributed by atoms with E-state index >= 15 is 0 Å². The van der Waals surface area contributed by atoms with Crippen LogP contribution in [0.5, 0.6) is 5.75 Å². The van der Waals surface area contributed by atoms with Gasteiger partial charge in [0.15, 0.2) is 0 Å². The highest BCUT2D eigenvalue weighted by Crippen LogP contribution is 2.34. The summed E-state index contributed by atoms with van der Waals surface area (Å²) in [5.74, 6) is 0.755. The maximum absolute atomic E-state index is 12.7. The average Bonchev–Trinajstić information content (AvgIpc) is 2.55. The largest absolute Gasteiger partial charge is 0.487 e. The summed E-state index contributed by atoms with van der Waals surface area (Å²) in [6.45, 7) is 6.63. The Balaban J connectivity index is 1.83. The summed E-state index contributed by atoms with van der Waals surface area (Å²) in [6.07, 6.45) is 0.959. The molecule has 4 nitrogen and oxygen atoms in total. The molecule has 2 aromatic carbocycles. The van der Waals surface area contributed by atoms with Gasteiger partial charge in [-0.1, -0.05) is 25.1 Å². The number of ether oxygens (including phenoxy) is 1. The molecule has 1 aliphatic rings. The second-order valence-electron chi connectivity index (χ2n) is 5.99. The smallest absolute Gasteiger partial charge is 0.326 e. The number of hydrogen-bond acceptors (Lipinski definition) is 2. The Morgan fingerprint density at radius 3 is 2.70 bits per heavy atom. The maximum atomic E-state index is 12.7. The number of anilines is 2. The lowest BCUT2D eigenvalue weighted by Crippen LogP contribution is -2.44. The molecule has 0 aliphatic carbocycles. The van der Waals surface area contributed by atoms with Crippen LogP contribution in [0.15, 0.2) is 42.5 Å². The molecule has 0 spiro atoms. The van der Waals surface area contributed by atoms with Crippen molar-refractivity contribution in [2.45, 2.75) is 33.3 Å². The van der Waals surface area contributed by atoms with Crippen LogP contribution in [0, 0.1) is 6.92 Å². The third-order valence-electron chi connectivity index (χ3n) is 4.03. The third-order valence-corrected chi connectivity index (χ3v) is 4.03. The standard InChI is InChI=1S/C19H22N2O2/c1-4-15-6-8-16(9-7-15)20-19(22)21-12-14(3)23-18-10-5-13(2)11-17(18)21/h5-11,14H,4,12H2,1-3H3,(H,20,22). The molecular formula is C19H22N2O2. The number of benzene rings is 2. The lowest BCUT2D eigenvalue weighted by molar-refractivity contribution is 0.208. The van der Waals surface area contributed by atoms with Crippen molar-refractivity contribution >= 4 is 17.4 Å². The Hall–Kier alpha value is -2.49. The average molecular weight is 310 g/mol. The van der Waals surface area contributed by atoms with Gasteiger partial charge in [-0.05, 0) is 55.7 Å². The van der Waals surface area contributed by atoms with E-state index in [-0.39, 0.29) is 12.1 Å². The number of amides is 2. The molecule has 3 rings (SSSR count). The van der Waals surface area contributed by atoms with Crippen molar-refractivity contribution in [2.75, 3.05) is 16.8 Å². The number of fused-ring (bicyclic) bond motifs is 1. The summed E-state index contributed by atoms with van der Waals surface area (Å²) < 4.78 is 5.83. The van der Waals surface area contributed by atoms with Crippen LogP contribution < -0.4 is 15.0 Å². The van der Waals surface area contributed by atoms with Crippen molar-refractivity contribution in [3.05, 3.63) is 53.6 Å². The van der Waals surface area contributed by atoms with E-state index in [9.17, 15) is 4.79 Å². The number of aryl methyl sites for hydroxylation is 2. The fraction of sp³-hybridized carbons (Fsp3) is 0.316. The summed E-state index contributed by atoms with van der Waals surface area (Å²) >= 11 is 0. The topological polar surface area (TPSA) is 41.6 Å². The molecule has 0 fully saturated rings. The van der Waals surface area contributed by atoms with Gasteiger partial charge in [0, 0.05) is 5.69 Å². The summed E-state index contributed by atoms with van der Waals surface area (Å²) in [5.41, 5.74) is 3.99. The minimum atomic E-state index is -0.128. The van der Waals surface area contributed by atoms with Crippen molar-refractivity contribution < 1.29 is 9.53 Å². The predicted octanol–water partition coefficient (Wildman–Crippen LogP) is 4.38. The fourth-order valence-corrected chi connectivity index (χ4v) is 2.75. The zero-order valence-corrected chi connectivity index (χ0v) is 13.8. The van der Waals surface area contributed by atoms with E-state index < -0.39 is 0 Å². The molecule has 0 bridgehead atoms. The molecule has 2 aromatic rings. The number of nitrogens with one attached hydrogen (secondary N) is 1. The molecule has 1 N–H and O–H groups in total. The highest BCUT2D eigenvalue weighted by atomic mass is 16.5. The highest BCUT2D eigenvalue weighted by molar-refractivity contribution is 6.03. The molecule has 1 heterocycles. The van der Waals surface area contributed by atoms with Gasteiger partial charge in [-0.3, -0.25) is 4.90 Å². The molecule has 0 saturated carbocycles. The first kappa shape index (κ1) is 15.4. The van der Waals surface area contributed by atoms with Gasteiger partial charge in [0.25, 0.3) is 0 Å². The molecule has 1 atom stereocenters. The molecule has 0 saturated heterocycles. The van der Waals surface area contributed by atoms with Crippen LogP contribution in [-0.2, 0) is 6.42 Å². The molecule has 23 heavy (non-hydrogen) atoms. The summed E-state index contributed by atoms with van der Waals surface area (Å²) in [4.78, 5) is 14.5. The summed E-state index contributed by atoms with van der Waals surface area (Å²) in [5, 5.41) is 2.98. The fourth-order valence-electron chi connectivity index (χ4n) is 2.75. The zero-order valence-electron chi connectivity index (χ0n) is 13.8. The molecule has 2 amide bonds. The first-order valence-electron chi connectivity index (χ1n) is 8.01. The van der Waals surface area contributed by atoms with E-state index in [2.05, 4.69) is 12.2 Å². The van der Waals surface area contributed by atoms with Crippen molar-refractivity contribution in [3.8, 4) is 5.75 Å². The quantitative estimate of drug-likeness (QED) is 0.894. The van der Waals surface area contributed by atoms with Gasteiger partial charge < -0.3 is 10.1 Å². The lowest BCUT2D eigenvalue weighted by Gasteiger charge is -2.33. The predicted molar refractivity (Wildman–Crippen MR) is 93.5 cm³/mol. The van der Waals surface area contributed by atoms with Crippen molar-refractivity contribution in [3.63, 3.8) is 0 Å². The SMILES string of the molecule is CCc1ccc(NC(=O)N2CC(C)Oc3ccc(C)cc32)cc1. The third kappa shape index (κ3) is 3.31. The zero-order chi connectivity index (χ0) is 16.4. The van der Waals surface area contributed by atoms with Crippen LogP contribution in [0.25, 0.3) is 0 Å². The van der Waals surface area contributed by atoms with Crippen LogP contribution in [0.1, 0.15) is 25.0 Å². The lowest BCUT2D eigenvalue weighted by atomic mass is 10.1. The molecular weight excluding hydrogens is 288 g/mol. The normalized spacial score (nSPS) is 16.5. The van der Waals surface area contributed by atoms with Crippen LogP contribution >= 0.6 is 0 Å². The van der Waals surface area contributed by atoms with Crippen LogP contribution in [-0.4, -0.2) is 18.7 Å². The molecule has 0 radical (unpaired) electrons. The maximum Gasteiger partial charge on any atom is 0.326 e. The van der Waals surface area contributed by atoms with Crippen LogP contribution in [0.2, 0.25) is 0 Å². The van der Waals surface area contributed by atoms with Crippen LogP contribution in [0.4, 0.5) is 16.2 Å². The first-order valence-corrected chi connectivity index (χ1v) is 8.01. The van der Waals surface area contributed by atoms with E-state index in [0.29, 0.717) is 6.54 Å². The Bertz CT molecular complexity index is 710. The van der Waals surface area contributed by atoms with Gasteiger partial charge in [0.1, 0.15) is 11.9 Å². The van der Waals surface area contributed by atoms with Gasteiger partial charge in [-0.2, -0.15) is 0 Å². The number of nitrogens with zero attached hydrogens (tertiary/aromatic N) is 1. The number of urea groups is 1. The van der Waals surface area contributed by atoms with Crippen molar-refractivity contribution in [1.82, 2.24) is 0 Å². The van der Waals surface area contributed by atoms with Gasteiger partial charge in [0.2, 0.25) is 0 Å². The monoisotopic (exact) mass is 310 g/mol. The van der Waals surface area contributed by atoms with Gasteiger partial charge in [-0.25, -0.2) is 4.79 Å². The van der Waals surface area contributed by atoms with E-state index in [4.69, 9.17) is 4.74 Å². The van der Waals surface area contributed by atoms with E-state index in [0.717, 1.165) is 29.1 Å². The Kier molecular flexibility index (Phi) is 4.24. The highest BCUT2D eigenvalue weighted by Gasteiger charge is 2.27. The van der Waals surface area contributed by atoms with Gasteiger partial charge >= 0.3 is 6.03 Å². The second-order valence-corrected chi connectivity index (χ2v) is 5.99. The van der Waals surface area contributed by atoms with E-state index in [1.54, 1.807) is 4.90 Å². The number of hydrogen-bond donors (Lipinski definition) is 1. The molecule has 120 valence electrons. The van der Waals surface area contributed by atoms with E-state index in [1.165, 1.54) is 5.56 Å². The first-order chi connectivity index (χ1) is 11.1. The number of carbonyl (C=O) groups excluding carboxylic acids is 1.